The largest absolute Gasteiger partial charge is 0.497 e. The fourth-order valence-corrected chi connectivity index (χ4v) is 3.64. The first-order valence-electron chi connectivity index (χ1n) is 10.9. The second-order valence-corrected chi connectivity index (χ2v) is 7.54. The molecule has 0 aliphatic heterocycles. The zero-order valence-electron chi connectivity index (χ0n) is 19.6. The van der Waals surface area contributed by atoms with Crippen LogP contribution in [0.4, 0.5) is 5.88 Å². The molecule has 1 N–H and O–H groups in total. The highest BCUT2D eigenvalue weighted by Gasteiger charge is 2.25. The molecule has 3 aromatic carbocycles. The molecule has 36 heavy (non-hydrogen) atoms. The third kappa shape index (κ3) is 5.05. The van der Waals surface area contributed by atoms with Crippen molar-refractivity contribution in [2.75, 3.05) is 26.1 Å². The summed E-state index contributed by atoms with van der Waals surface area (Å²) in [6.45, 7) is -0.596. The predicted molar refractivity (Wildman–Crippen MR) is 133 cm³/mol. The third-order valence-electron chi connectivity index (χ3n) is 5.33. The molecule has 0 saturated heterocycles. The van der Waals surface area contributed by atoms with Crippen molar-refractivity contribution in [3.63, 3.8) is 0 Å². The maximum atomic E-state index is 12.7. The van der Waals surface area contributed by atoms with Crippen molar-refractivity contribution in [3.8, 4) is 40.0 Å². The van der Waals surface area contributed by atoms with E-state index in [0.717, 1.165) is 11.1 Å². The number of nitriles is 1. The highest BCUT2D eigenvalue weighted by Crippen LogP contribution is 2.41. The first kappa shape index (κ1) is 24.1. The van der Waals surface area contributed by atoms with Crippen LogP contribution >= 0.6 is 0 Å². The van der Waals surface area contributed by atoms with Gasteiger partial charge in [-0.05, 0) is 17.7 Å². The highest BCUT2D eigenvalue weighted by atomic mass is 16.5. The predicted octanol–water partition coefficient (Wildman–Crippen LogP) is 5.30. The lowest BCUT2D eigenvalue weighted by atomic mass is 9.98. The highest BCUT2D eigenvalue weighted by molar-refractivity contribution is 5.98. The lowest BCUT2D eigenvalue weighted by Crippen LogP contribution is -2.21. The monoisotopic (exact) mass is 482 g/mol. The molecule has 0 unspecified atom stereocenters. The number of amides is 1. The van der Waals surface area contributed by atoms with Crippen LogP contribution in [-0.2, 0) is 9.53 Å². The average Bonchev–Trinajstić information content (AvgIpc) is 3.30. The molecule has 1 heterocycles. The lowest BCUT2D eigenvalue weighted by molar-refractivity contribution is -0.119. The number of anilines is 1. The number of carbonyl (C=O) groups excluding carboxylic acids is 2. The molecule has 0 atom stereocenters. The molecule has 0 bridgehead atoms. The first-order chi connectivity index (χ1) is 17.5. The van der Waals surface area contributed by atoms with Crippen LogP contribution in [-0.4, -0.2) is 32.7 Å². The van der Waals surface area contributed by atoms with Gasteiger partial charge in [-0.1, -0.05) is 60.7 Å². The Morgan fingerprint density at radius 3 is 2.19 bits per heavy atom. The summed E-state index contributed by atoms with van der Waals surface area (Å²) >= 11 is 0. The molecule has 8 nitrogen and oxygen atoms in total. The van der Waals surface area contributed by atoms with Crippen molar-refractivity contribution in [2.24, 2.45) is 0 Å². The minimum atomic E-state index is -0.750. The number of nitrogens with zero attached hydrogens (tertiary/aromatic N) is 1. The molecule has 0 aliphatic carbocycles. The summed E-state index contributed by atoms with van der Waals surface area (Å²) < 4.78 is 21.5. The van der Waals surface area contributed by atoms with E-state index in [1.54, 1.807) is 6.07 Å². The van der Waals surface area contributed by atoms with E-state index in [4.69, 9.17) is 18.6 Å². The summed E-state index contributed by atoms with van der Waals surface area (Å²) in [4.78, 5) is 25.2. The van der Waals surface area contributed by atoms with E-state index < -0.39 is 18.5 Å². The first-order valence-corrected chi connectivity index (χ1v) is 10.9. The Balaban J connectivity index is 1.57. The molecule has 180 valence electrons. The maximum absolute atomic E-state index is 12.7. The molecule has 0 aliphatic rings. The normalized spacial score (nSPS) is 10.2. The molecule has 4 rings (SSSR count). The second kappa shape index (κ2) is 10.9. The molecular weight excluding hydrogens is 460 g/mol. The van der Waals surface area contributed by atoms with Crippen LogP contribution in [0.3, 0.4) is 0 Å². The van der Waals surface area contributed by atoms with Gasteiger partial charge < -0.3 is 18.6 Å². The third-order valence-corrected chi connectivity index (χ3v) is 5.33. The fraction of sp³-hybridized carbons (Fsp3) is 0.107. The van der Waals surface area contributed by atoms with E-state index >= 15 is 0 Å². The molecule has 1 aromatic heterocycles. The van der Waals surface area contributed by atoms with Crippen LogP contribution in [0.25, 0.3) is 22.5 Å². The Hall–Kier alpha value is -5.03. The van der Waals surface area contributed by atoms with E-state index in [9.17, 15) is 14.9 Å². The molecule has 4 aromatic rings. The average molecular weight is 482 g/mol. The fourth-order valence-electron chi connectivity index (χ4n) is 3.64. The number of nitrogens with one attached hydrogen (secondary N) is 1. The topological polar surface area (TPSA) is 111 Å². The van der Waals surface area contributed by atoms with Gasteiger partial charge in [0.2, 0.25) is 5.88 Å². The molecule has 0 spiro atoms. The van der Waals surface area contributed by atoms with Gasteiger partial charge in [-0.2, -0.15) is 5.26 Å². The van der Waals surface area contributed by atoms with E-state index in [-0.39, 0.29) is 22.8 Å². The summed E-state index contributed by atoms with van der Waals surface area (Å²) in [5.74, 6) is -0.254. The van der Waals surface area contributed by atoms with Crippen molar-refractivity contribution in [1.29, 1.82) is 5.26 Å². The van der Waals surface area contributed by atoms with Crippen molar-refractivity contribution < 1.29 is 28.2 Å². The van der Waals surface area contributed by atoms with Crippen molar-refractivity contribution in [2.45, 2.75) is 0 Å². The molecule has 1 amide bonds. The summed E-state index contributed by atoms with van der Waals surface area (Å²) in [6, 6.07) is 25.3. The molecule has 0 saturated carbocycles. The number of esters is 1. The van der Waals surface area contributed by atoms with Gasteiger partial charge in [0.1, 0.15) is 34.5 Å². The Labute approximate surface area is 207 Å². The van der Waals surface area contributed by atoms with Gasteiger partial charge in [0.25, 0.3) is 5.91 Å². The van der Waals surface area contributed by atoms with Crippen molar-refractivity contribution in [3.05, 3.63) is 90.0 Å². The van der Waals surface area contributed by atoms with Gasteiger partial charge in [-0.25, -0.2) is 4.79 Å². The van der Waals surface area contributed by atoms with Crippen LogP contribution in [0.5, 0.6) is 11.5 Å². The molecule has 8 heteroatoms. The molecule has 0 radical (unpaired) electrons. The minimum absolute atomic E-state index is 0.0294. The summed E-state index contributed by atoms with van der Waals surface area (Å²) in [7, 11) is 2.90. The van der Waals surface area contributed by atoms with Gasteiger partial charge in [0.05, 0.1) is 14.2 Å². The maximum Gasteiger partial charge on any atom is 0.342 e. The summed E-state index contributed by atoms with van der Waals surface area (Å²) in [5.41, 5.74) is 2.36. The summed E-state index contributed by atoms with van der Waals surface area (Å²) in [5, 5.41) is 12.5. The van der Waals surface area contributed by atoms with Gasteiger partial charge in [-0.3, -0.25) is 10.1 Å². The van der Waals surface area contributed by atoms with Gasteiger partial charge >= 0.3 is 5.97 Å². The number of methoxy groups -OCH3 is 2. The number of rotatable bonds is 8. The van der Waals surface area contributed by atoms with Gasteiger partial charge in [0.15, 0.2) is 6.61 Å². The van der Waals surface area contributed by atoms with Crippen LogP contribution < -0.4 is 14.8 Å². The Morgan fingerprint density at radius 1 is 0.917 bits per heavy atom. The smallest absolute Gasteiger partial charge is 0.342 e. The Bertz CT molecular complexity index is 1420. The van der Waals surface area contributed by atoms with Crippen LogP contribution in [0.15, 0.2) is 83.3 Å². The van der Waals surface area contributed by atoms with Gasteiger partial charge in [0, 0.05) is 17.2 Å². The SMILES string of the molecule is COc1ccc(C(=O)OCC(=O)Nc2oc(-c3ccccc3)c(-c3ccccc3)c2C#N)c(OC)c1. The molecule has 0 fully saturated rings. The summed E-state index contributed by atoms with van der Waals surface area (Å²) in [6.07, 6.45) is 0. The van der Waals surface area contributed by atoms with Gasteiger partial charge in [-0.15, -0.1) is 0 Å². The lowest BCUT2D eigenvalue weighted by Gasteiger charge is -2.10. The van der Waals surface area contributed by atoms with Crippen molar-refractivity contribution in [1.82, 2.24) is 0 Å². The Kier molecular flexibility index (Phi) is 7.32. The zero-order valence-corrected chi connectivity index (χ0v) is 19.6. The second-order valence-electron chi connectivity index (χ2n) is 7.54. The zero-order chi connectivity index (χ0) is 25.5. The van der Waals surface area contributed by atoms with E-state index in [2.05, 4.69) is 11.4 Å². The number of furan rings is 1. The van der Waals surface area contributed by atoms with Crippen LogP contribution in [0.2, 0.25) is 0 Å². The number of hydrogen-bond donors (Lipinski definition) is 1. The molecular formula is C28H22N2O6. The van der Waals surface area contributed by atoms with E-state index in [0.29, 0.717) is 17.1 Å². The van der Waals surface area contributed by atoms with E-state index in [1.165, 1.54) is 26.4 Å². The quantitative estimate of drug-likeness (QED) is 0.339. The van der Waals surface area contributed by atoms with Crippen LogP contribution in [0, 0.1) is 11.3 Å². The number of benzene rings is 3. The van der Waals surface area contributed by atoms with Crippen molar-refractivity contribution >= 4 is 17.8 Å². The number of carbonyl (C=O) groups is 2. The van der Waals surface area contributed by atoms with E-state index in [1.807, 2.05) is 60.7 Å². The minimum Gasteiger partial charge on any atom is -0.497 e. The number of hydrogen-bond acceptors (Lipinski definition) is 7. The Morgan fingerprint density at radius 2 is 1.58 bits per heavy atom. The number of ether oxygens (including phenoxy) is 3. The van der Waals surface area contributed by atoms with Crippen LogP contribution in [0.1, 0.15) is 15.9 Å². The standard InChI is InChI=1S/C28H22N2O6/c1-33-20-13-14-21(23(15-20)34-2)28(32)35-17-24(31)30-27-22(16-29)25(18-9-5-3-6-10-18)26(36-27)19-11-7-4-8-12-19/h3-15H,17H2,1-2H3,(H,30,31).